The molecule has 2 aromatic rings. The highest BCUT2D eigenvalue weighted by Crippen LogP contribution is 2.38. The van der Waals surface area contributed by atoms with Crippen LogP contribution in [0.15, 0.2) is 47.4 Å². The summed E-state index contributed by atoms with van der Waals surface area (Å²) in [4.78, 5) is 12.4. The Labute approximate surface area is 138 Å². The van der Waals surface area contributed by atoms with Gasteiger partial charge in [-0.3, -0.25) is 4.79 Å². The molecule has 1 aliphatic carbocycles. The molecule has 0 bridgehead atoms. The molecule has 0 unspecified atom stereocenters. The van der Waals surface area contributed by atoms with Crippen molar-refractivity contribution in [3.63, 3.8) is 0 Å². The second kappa shape index (κ2) is 5.94. The molecule has 0 radical (unpaired) electrons. The summed E-state index contributed by atoms with van der Waals surface area (Å²) in [6.07, 6.45) is 1.73. The fraction of sp³-hybridized carbons (Fsp3) is 0.167. The Kier molecular flexibility index (Phi) is 4.09. The standard InChI is InChI=1S/C18H14F2O3S/c1-24(22,23)13-5-2-11(3-6-13)14-7-9-17(21)18(14)15-10-12(19)4-8-16(15)20/h2-6,8,10H,7,9H2,1H3. The van der Waals surface area contributed by atoms with Crippen LogP contribution in [0.4, 0.5) is 8.78 Å². The Morgan fingerprint density at radius 3 is 2.25 bits per heavy atom. The van der Waals surface area contributed by atoms with E-state index in [4.69, 9.17) is 0 Å². The Morgan fingerprint density at radius 1 is 0.958 bits per heavy atom. The van der Waals surface area contributed by atoms with E-state index < -0.39 is 21.5 Å². The second-order valence-corrected chi connectivity index (χ2v) is 7.71. The lowest BCUT2D eigenvalue weighted by Gasteiger charge is -2.09. The fourth-order valence-corrected chi connectivity index (χ4v) is 3.48. The zero-order valence-corrected chi connectivity index (χ0v) is 13.7. The van der Waals surface area contributed by atoms with Gasteiger partial charge in [0.1, 0.15) is 11.6 Å². The summed E-state index contributed by atoms with van der Waals surface area (Å²) in [5.41, 5.74) is 1.34. The summed E-state index contributed by atoms with van der Waals surface area (Å²) in [6, 6.07) is 9.06. The van der Waals surface area contributed by atoms with Crippen LogP contribution in [-0.4, -0.2) is 20.5 Å². The highest BCUT2D eigenvalue weighted by atomic mass is 32.2. The van der Waals surface area contributed by atoms with Crippen molar-refractivity contribution in [2.75, 3.05) is 6.26 Å². The van der Waals surface area contributed by atoms with Gasteiger partial charge in [0.05, 0.1) is 4.90 Å². The molecule has 6 heteroatoms. The average Bonchev–Trinajstić information content (AvgIpc) is 2.90. The van der Waals surface area contributed by atoms with Crippen LogP contribution in [-0.2, 0) is 14.6 Å². The third-order valence-electron chi connectivity index (χ3n) is 4.01. The lowest BCUT2D eigenvalue weighted by molar-refractivity contribution is -0.113. The maximum atomic E-state index is 14.1. The van der Waals surface area contributed by atoms with Crippen molar-refractivity contribution in [2.45, 2.75) is 17.7 Å². The number of hydrogen-bond donors (Lipinski definition) is 0. The predicted octanol–water partition coefficient (Wildman–Crippen LogP) is 3.64. The summed E-state index contributed by atoms with van der Waals surface area (Å²) in [5, 5.41) is 0. The summed E-state index contributed by atoms with van der Waals surface area (Å²) < 4.78 is 50.6. The Balaban J connectivity index is 2.15. The third kappa shape index (κ3) is 3.01. The second-order valence-electron chi connectivity index (χ2n) is 5.70. The number of allylic oxidation sites excluding steroid dienone is 2. The predicted molar refractivity (Wildman–Crippen MR) is 87.0 cm³/mol. The molecule has 0 saturated carbocycles. The number of sulfone groups is 1. The third-order valence-corrected chi connectivity index (χ3v) is 5.14. The number of rotatable bonds is 3. The molecule has 0 heterocycles. The molecule has 0 N–H and O–H groups in total. The first kappa shape index (κ1) is 16.5. The molecule has 0 saturated heterocycles. The number of carbonyl (C=O) groups excluding carboxylic acids is 1. The average molecular weight is 348 g/mol. The quantitative estimate of drug-likeness (QED) is 0.851. The molecule has 3 nitrogen and oxygen atoms in total. The van der Waals surface area contributed by atoms with Gasteiger partial charge < -0.3 is 0 Å². The Bertz CT molecular complexity index is 958. The Morgan fingerprint density at radius 2 is 1.62 bits per heavy atom. The Hall–Kier alpha value is -2.34. The molecule has 0 fully saturated rings. The molecule has 0 amide bonds. The number of Topliss-reactive ketones (excluding diaryl/α,β-unsaturated/α-hetero) is 1. The first-order valence-electron chi connectivity index (χ1n) is 7.29. The van der Waals surface area contributed by atoms with Crippen LogP contribution in [0.25, 0.3) is 11.1 Å². The summed E-state index contributed by atoms with van der Waals surface area (Å²) in [6.45, 7) is 0. The highest BCUT2D eigenvalue weighted by Gasteiger charge is 2.27. The van der Waals surface area contributed by atoms with Gasteiger partial charge in [0, 0.05) is 23.8 Å². The van der Waals surface area contributed by atoms with Gasteiger partial charge in [0.2, 0.25) is 0 Å². The maximum Gasteiger partial charge on any atom is 0.175 e. The molecular formula is C18H14F2O3S. The molecule has 124 valence electrons. The van der Waals surface area contributed by atoms with E-state index in [0.29, 0.717) is 17.6 Å². The minimum atomic E-state index is -3.32. The van der Waals surface area contributed by atoms with Gasteiger partial charge in [0.25, 0.3) is 0 Å². The van der Waals surface area contributed by atoms with E-state index >= 15 is 0 Å². The molecule has 24 heavy (non-hydrogen) atoms. The van der Waals surface area contributed by atoms with Gasteiger partial charge in [-0.1, -0.05) is 12.1 Å². The first-order valence-corrected chi connectivity index (χ1v) is 9.19. The summed E-state index contributed by atoms with van der Waals surface area (Å²) >= 11 is 0. The van der Waals surface area contributed by atoms with Crippen LogP contribution in [0, 0.1) is 11.6 Å². The van der Waals surface area contributed by atoms with Crippen molar-refractivity contribution in [3.8, 4) is 0 Å². The van der Waals surface area contributed by atoms with E-state index in [1.165, 1.54) is 12.1 Å². The van der Waals surface area contributed by atoms with E-state index in [1.54, 1.807) is 12.1 Å². The van der Waals surface area contributed by atoms with E-state index in [-0.39, 0.29) is 28.2 Å². The lowest BCUT2D eigenvalue weighted by atomic mass is 9.96. The molecule has 2 aromatic carbocycles. The number of halogens is 2. The van der Waals surface area contributed by atoms with Crippen LogP contribution < -0.4 is 0 Å². The van der Waals surface area contributed by atoms with Crippen molar-refractivity contribution in [3.05, 3.63) is 65.2 Å². The van der Waals surface area contributed by atoms with Gasteiger partial charge in [-0.25, -0.2) is 17.2 Å². The molecule has 1 aliphatic rings. The molecule has 3 rings (SSSR count). The monoisotopic (exact) mass is 348 g/mol. The van der Waals surface area contributed by atoms with Gasteiger partial charge in [-0.2, -0.15) is 0 Å². The van der Waals surface area contributed by atoms with Gasteiger partial charge >= 0.3 is 0 Å². The maximum absolute atomic E-state index is 14.1. The molecule has 0 aliphatic heterocycles. The zero-order chi connectivity index (χ0) is 17.5. The van der Waals surface area contributed by atoms with Gasteiger partial charge in [0.15, 0.2) is 15.6 Å². The minimum absolute atomic E-state index is 0.0558. The number of ketones is 1. The topological polar surface area (TPSA) is 51.2 Å². The highest BCUT2D eigenvalue weighted by molar-refractivity contribution is 7.90. The van der Waals surface area contributed by atoms with Crippen LogP contribution in [0.3, 0.4) is 0 Å². The van der Waals surface area contributed by atoms with Crippen LogP contribution in [0.5, 0.6) is 0 Å². The smallest absolute Gasteiger partial charge is 0.175 e. The molecular weight excluding hydrogens is 334 g/mol. The molecule has 0 atom stereocenters. The SMILES string of the molecule is CS(=O)(=O)c1ccc(C2=C(c3cc(F)ccc3F)C(=O)CC2)cc1. The van der Waals surface area contributed by atoms with Crippen LogP contribution in [0.1, 0.15) is 24.0 Å². The molecule has 0 aromatic heterocycles. The van der Waals surface area contributed by atoms with Crippen LogP contribution in [0.2, 0.25) is 0 Å². The normalized spacial score (nSPS) is 15.2. The van der Waals surface area contributed by atoms with Gasteiger partial charge in [-0.15, -0.1) is 0 Å². The minimum Gasteiger partial charge on any atom is -0.294 e. The molecule has 0 spiro atoms. The summed E-state index contributed by atoms with van der Waals surface area (Å²) in [5.74, 6) is -1.53. The van der Waals surface area contributed by atoms with E-state index in [1.807, 2.05) is 0 Å². The van der Waals surface area contributed by atoms with Crippen molar-refractivity contribution >= 4 is 26.8 Å². The largest absolute Gasteiger partial charge is 0.294 e. The number of carbonyl (C=O) groups is 1. The van der Waals surface area contributed by atoms with Gasteiger partial charge in [-0.05, 0) is 47.9 Å². The zero-order valence-electron chi connectivity index (χ0n) is 12.8. The van der Waals surface area contributed by atoms with Crippen molar-refractivity contribution in [2.24, 2.45) is 0 Å². The first-order chi connectivity index (χ1) is 11.3. The number of hydrogen-bond acceptors (Lipinski definition) is 3. The van der Waals surface area contributed by atoms with E-state index in [9.17, 15) is 22.0 Å². The fourth-order valence-electron chi connectivity index (χ4n) is 2.85. The van der Waals surface area contributed by atoms with Crippen molar-refractivity contribution in [1.29, 1.82) is 0 Å². The summed E-state index contributed by atoms with van der Waals surface area (Å²) in [7, 11) is -3.32. The lowest BCUT2D eigenvalue weighted by Crippen LogP contribution is -2.00. The van der Waals surface area contributed by atoms with Crippen molar-refractivity contribution in [1.82, 2.24) is 0 Å². The van der Waals surface area contributed by atoms with E-state index in [0.717, 1.165) is 24.5 Å². The van der Waals surface area contributed by atoms with Crippen molar-refractivity contribution < 1.29 is 22.0 Å². The van der Waals surface area contributed by atoms with Crippen LogP contribution >= 0.6 is 0 Å². The number of benzene rings is 2. The van der Waals surface area contributed by atoms with E-state index in [2.05, 4.69) is 0 Å².